The van der Waals surface area contributed by atoms with Crippen molar-refractivity contribution < 1.29 is 4.79 Å². The van der Waals surface area contributed by atoms with E-state index in [1.807, 2.05) is 0 Å². The van der Waals surface area contributed by atoms with Crippen molar-refractivity contribution in [3.05, 3.63) is 22.4 Å². The second kappa shape index (κ2) is 4.93. The van der Waals surface area contributed by atoms with Crippen molar-refractivity contribution in [3.8, 4) is 0 Å². The fraction of sp³-hybridized carbons (Fsp3) is 0.615. The minimum absolute atomic E-state index is 0.472. The molecule has 2 unspecified atom stereocenters. The Bertz CT molecular complexity index is 315. The standard InChI is InChI=1S/C13H18OS/c1-2-11-3-4-13(14)8-12(11)7-10-5-6-15-9-10/h5-6,9,11-12H,2-4,7-8H2,1H3. The predicted octanol–water partition coefficient (Wildman–Crippen LogP) is 3.69. The Hall–Kier alpha value is -0.630. The van der Waals surface area contributed by atoms with Gasteiger partial charge in [-0.2, -0.15) is 11.3 Å². The Kier molecular flexibility index (Phi) is 3.57. The lowest BCUT2D eigenvalue weighted by Gasteiger charge is -2.29. The summed E-state index contributed by atoms with van der Waals surface area (Å²) in [6.07, 6.45) is 5.08. The number of hydrogen-bond donors (Lipinski definition) is 0. The van der Waals surface area contributed by atoms with Gasteiger partial charge in [-0.15, -0.1) is 0 Å². The van der Waals surface area contributed by atoms with Gasteiger partial charge in [0.1, 0.15) is 5.78 Å². The van der Waals surface area contributed by atoms with Crippen LogP contribution in [0.1, 0.15) is 38.2 Å². The summed E-state index contributed by atoms with van der Waals surface area (Å²) < 4.78 is 0. The molecule has 1 fully saturated rings. The van der Waals surface area contributed by atoms with Crippen molar-refractivity contribution >= 4 is 17.1 Å². The number of carbonyl (C=O) groups is 1. The first kappa shape index (κ1) is 10.9. The first-order chi connectivity index (χ1) is 7.29. The molecular weight excluding hydrogens is 204 g/mol. The van der Waals surface area contributed by atoms with Gasteiger partial charge in [-0.3, -0.25) is 4.79 Å². The van der Waals surface area contributed by atoms with Gasteiger partial charge in [0.25, 0.3) is 0 Å². The molecule has 1 aromatic heterocycles. The summed E-state index contributed by atoms with van der Waals surface area (Å²) in [6, 6.07) is 2.19. The Labute approximate surface area is 95.5 Å². The average molecular weight is 222 g/mol. The van der Waals surface area contributed by atoms with E-state index >= 15 is 0 Å². The number of thiophene rings is 1. The van der Waals surface area contributed by atoms with Crippen LogP contribution in [0.4, 0.5) is 0 Å². The molecule has 0 aliphatic heterocycles. The number of Topliss-reactive ketones (excluding diaryl/α,β-unsaturated/α-hetero) is 1. The summed E-state index contributed by atoms with van der Waals surface area (Å²) in [5, 5.41) is 4.34. The Morgan fingerprint density at radius 3 is 3.00 bits per heavy atom. The van der Waals surface area contributed by atoms with Crippen molar-refractivity contribution in [1.29, 1.82) is 0 Å². The molecule has 1 aromatic rings. The van der Waals surface area contributed by atoms with Crippen LogP contribution in [0.15, 0.2) is 16.8 Å². The van der Waals surface area contributed by atoms with Crippen LogP contribution in [0.3, 0.4) is 0 Å². The Balaban J connectivity index is 2.01. The zero-order valence-corrected chi connectivity index (χ0v) is 10.1. The molecule has 0 aromatic carbocycles. The van der Waals surface area contributed by atoms with Gasteiger partial charge in [0, 0.05) is 12.8 Å². The van der Waals surface area contributed by atoms with Crippen LogP contribution in [0, 0.1) is 11.8 Å². The van der Waals surface area contributed by atoms with E-state index in [2.05, 4.69) is 23.8 Å². The zero-order valence-electron chi connectivity index (χ0n) is 9.24. The van der Waals surface area contributed by atoms with Gasteiger partial charge >= 0.3 is 0 Å². The minimum Gasteiger partial charge on any atom is -0.300 e. The summed E-state index contributed by atoms with van der Waals surface area (Å²) in [6.45, 7) is 2.25. The van der Waals surface area contributed by atoms with Gasteiger partial charge in [-0.05, 0) is 47.1 Å². The maximum absolute atomic E-state index is 11.5. The summed E-state index contributed by atoms with van der Waals surface area (Å²) in [4.78, 5) is 11.5. The molecule has 0 bridgehead atoms. The number of hydrogen-bond acceptors (Lipinski definition) is 2. The summed E-state index contributed by atoms with van der Waals surface area (Å²) in [5.41, 5.74) is 1.41. The highest BCUT2D eigenvalue weighted by atomic mass is 32.1. The van der Waals surface area contributed by atoms with Gasteiger partial charge in [-0.1, -0.05) is 13.3 Å². The molecule has 15 heavy (non-hydrogen) atoms. The number of carbonyl (C=O) groups excluding carboxylic acids is 1. The van der Waals surface area contributed by atoms with Gasteiger partial charge < -0.3 is 0 Å². The Morgan fingerprint density at radius 1 is 1.47 bits per heavy atom. The van der Waals surface area contributed by atoms with Crippen molar-refractivity contribution in [1.82, 2.24) is 0 Å². The fourth-order valence-electron chi connectivity index (χ4n) is 2.63. The van der Waals surface area contributed by atoms with E-state index in [-0.39, 0.29) is 0 Å². The van der Waals surface area contributed by atoms with Crippen LogP contribution in [0.2, 0.25) is 0 Å². The second-order valence-electron chi connectivity index (χ2n) is 4.55. The molecule has 0 saturated heterocycles. The van der Waals surface area contributed by atoms with Gasteiger partial charge in [0.15, 0.2) is 0 Å². The molecule has 1 aliphatic carbocycles. The van der Waals surface area contributed by atoms with E-state index < -0.39 is 0 Å². The summed E-state index contributed by atoms with van der Waals surface area (Å²) >= 11 is 1.75. The first-order valence-electron chi connectivity index (χ1n) is 5.82. The van der Waals surface area contributed by atoms with Crippen LogP contribution in [-0.4, -0.2) is 5.78 Å². The molecule has 82 valence electrons. The quantitative estimate of drug-likeness (QED) is 0.762. The highest BCUT2D eigenvalue weighted by Crippen LogP contribution is 2.33. The van der Waals surface area contributed by atoms with Crippen molar-refractivity contribution in [2.75, 3.05) is 0 Å². The highest BCUT2D eigenvalue weighted by molar-refractivity contribution is 7.07. The molecule has 1 aliphatic rings. The normalized spacial score (nSPS) is 26.9. The van der Waals surface area contributed by atoms with E-state index in [0.29, 0.717) is 11.7 Å². The van der Waals surface area contributed by atoms with Crippen LogP contribution in [0.5, 0.6) is 0 Å². The van der Waals surface area contributed by atoms with E-state index in [9.17, 15) is 4.79 Å². The summed E-state index contributed by atoms with van der Waals surface area (Å²) in [7, 11) is 0. The lowest BCUT2D eigenvalue weighted by molar-refractivity contribution is -0.122. The predicted molar refractivity (Wildman–Crippen MR) is 64.2 cm³/mol. The zero-order chi connectivity index (χ0) is 10.7. The molecular formula is C13H18OS. The molecule has 2 rings (SSSR count). The maximum atomic E-state index is 11.5. The van der Waals surface area contributed by atoms with E-state index in [0.717, 1.165) is 31.6 Å². The average Bonchev–Trinajstić information content (AvgIpc) is 2.71. The van der Waals surface area contributed by atoms with Crippen LogP contribution in [0.25, 0.3) is 0 Å². The molecule has 0 spiro atoms. The SMILES string of the molecule is CCC1CCC(=O)CC1Cc1ccsc1. The smallest absolute Gasteiger partial charge is 0.133 e. The van der Waals surface area contributed by atoms with Gasteiger partial charge in [0.2, 0.25) is 0 Å². The van der Waals surface area contributed by atoms with Crippen molar-refractivity contribution in [3.63, 3.8) is 0 Å². The third-order valence-corrected chi connectivity index (χ3v) is 4.28. The maximum Gasteiger partial charge on any atom is 0.133 e. The third kappa shape index (κ3) is 2.69. The highest BCUT2D eigenvalue weighted by Gasteiger charge is 2.27. The van der Waals surface area contributed by atoms with Gasteiger partial charge in [0.05, 0.1) is 0 Å². The van der Waals surface area contributed by atoms with E-state index in [4.69, 9.17) is 0 Å². The lowest BCUT2D eigenvalue weighted by atomic mass is 9.75. The molecule has 0 N–H and O–H groups in total. The fourth-order valence-corrected chi connectivity index (χ4v) is 3.31. The molecule has 1 heterocycles. The largest absolute Gasteiger partial charge is 0.300 e. The monoisotopic (exact) mass is 222 g/mol. The molecule has 2 atom stereocenters. The Morgan fingerprint density at radius 2 is 2.33 bits per heavy atom. The van der Waals surface area contributed by atoms with Crippen molar-refractivity contribution in [2.45, 2.75) is 39.0 Å². The molecule has 1 saturated carbocycles. The van der Waals surface area contributed by atoms with Crippen LogP contribution < -0.4 is 0 Å². The van der Waals surface area contributed by atoms with Crippen LogP contribution in [-0.2, 0) is 11.2 Å². The topological polar surface area (TPSA) is 17.1 Å². The molecule has 0 radical (unpaired) electrons. The number of ketones is 1. The molecule has 0 amide bonds. The second-order valence-corrected chi connectivity index (χ2v) is 5.33. The van der Waals surface area contributed by atoms with Crippen LogP contribution >= 0.6 is 11.3 Å². The minimum atomic E-state index is 0.472. The van der Waals surface area contributed by atoms with Gasteiger partial charge in [-0.25, -0.2) is 0 Å². The van der Waals surface area contributed by atoms with E-state index in [1.54, 1.807) is 11.3 Å². The summed E-state index contributed by atoms with van der Waals surface area (Å²) in [5.74, 6) is 1.84. The number of rotatable bonds is 3. The third-order valence-electron chi connectivity index (χ3n) is 3.55. The van der Waals surface area contributed by atoms with Crippen molar-refractivity contribution in [2.24, 2.45) is 11.8 Å². The molecule has 2 heteroatoms. The lowest BCUT2D eigenvalue weighted by Crippen LogP contribution is -2.26. The van der Waals surface area contributed by atoms with E-state index in [1.165, 1.54) is 12.0 Å². The molecule has 1 nitrogen and oxygen atoms in total. The first-order valence-corrected chi connectivity index (χ1v) is 6.76.